The average molecular weight is 329 g/mol. The lowest BCUT2D eigenvalue weighted by Crippen LogP contribution is -2.33. The van der Waals surface area contributed by atoms with Crippen LogP contribution in [0.2, 0.25) is 0 Å². The smallest absolute Gasteiger partial charge is 0.322 e. The summed E-state index contributed by atoms with van der Waals surface area (Å²) in [6.45, 7) is 8.54. The van der Waals surface area contributed by atoms with Crippen molar-refractivity contribution in [3.63, 3.8) is 0 Å². The number of hydrogen-bond acceptors (Lipinski definition) is 4. The van der Waals surface area contributed by atoms with Crippen molar-refractivity contribution in [2.24, 2.45) is 12.8 Å². The van der Waals surface area contributed by atoms with Gasteiger partial charge < -0.3 is 15.0 Å². The molecular weight excluding hydrogens is 302 g/mol. The maximum atomic E-state index is 11.7. The van der Waals surface area contributed by atoms with Gasteiger partial charge in [0, 0.05) is 49.2 Å². The Bertz CT molecular complexity index is 792. The molecule has 0 amide bonds. The summed E-state index contributed by atoms with van der Waals surface area (Å²) in [6, 6.07) is 4.50. The highest BCUT2D eigenvalue weighted by atomic mass is 16.5. The van der Waals surface area contributed by atoms with E-state index in [1.165, 1.54) is 29.1 Å². The third-order valence-electron chi connectivity index (χ3n) is 5.35. The zero-order valence-corrected chi connectivity index (χ0v) is 15.2. The van der Waals surface area contributed by atoms with Crippen LogP contribution >= 0.6 is 0 Å². The van der Waals surface area contributed by atoms with Crippen molar-refractivity contribution < 1.29 is 9.53 Å². The number of ether oxygens (including phenoxy) is 1. The molecule has 2 aromatic rings. The zero-order chi connectivity index (χ0) is 17.6. The van der Waals surface area contributed by atoms with Crippen molar-refractivity contribution in [2.75, 3.05) is 7.11 Å². The van der Waals surface area contributed by atoms with Gasteiger partial charge in [0.1, 0.15) is 6.04 Å². The first-order chi connectivity index (χ1) is 11.3. The summed E-state index contributed by atoms with van der Waals surface area (Å²) in [4.78, 5) is 14.2. The van der Waals surface area contributed by atoms with Gasteiger partial charge in [-0.25, -0.2) is 0 Å². The quantitative estimate of drug-likeness (QED) is 0.874. The molecule has 1 unspecified atom stereocenters. The Labute approximate surface area is 143 Å². The van der Waals surface area contributed by atoms with Gasteiger partial charge in [-0.2, -0.15) is 0 Å². The van der Waals surface area contributed by atoms with Gasteiger partial charge in [-0.3, -0.25) is 9.69 Å². The lowest BCUT2D eigenvalue weighted by atomic mass is 10.00. The van der Waals surface area contributed by atoms with Gasteiger partial charge in [0.15, 0.2) is 0 Å². The van der Waals surface area contributed by atoms with Gasteiger partial charge in [0.2, 0.25) is 0 Å². The van der Waals surface area contributed by atoms with Gasteiger partial charge in [-0.15, -0.1) is 0 Å². The van der Waals surface area contributed by atoms with Crippen LogP contribution in [0.25, 0.3) is 10.9 Å². The van der Waals surface area contributed by atoms with Crippen molar-refractivity contribution >= 4 is 16.9 Å². The molecule has 0 saturated carbocycles. The van der Waals surface area contributed by atoms with Crippen molar-refractivity contribution in [3.05, 3.63) is 34.5 Å². The first kappa shape index (κ1) is 17.0. The van der Waals surface area contributed by atoms with E-state index in [0.29, 0.717) is 12.5 Å². The molecule has 24 heavy (non-hydrogen) atoms. The maximum absolute atomic E-state index is 11.7. The van der Waals surface area contributed by atoms with E-state index in [-0.39, 0.29) is 5.97 Å². The van der Waals surface area contributed by atoms with Crippen LogP contribution < -0.4 is 5.73 Å². The van der Waals surface area contributed by atoms with E-state index in [1.807, 2.05) is 0 Å². The van der Waals surface area contributed by atoms with E-state index in [2.05, 4.69) is 49.4 Å². The van der Waals surface area contributed by atoms with Gasteiger partial charge in [0.25, 0.3) is 0 Å². The normalized spacial score (nSPS) is 16.0. The second-order valence-corrected chi connectivity index (χ2v) is 7.09. The molecule has 0 saturated heterocycles. The van der Waals surface area contributed by atoms with Crippen LogP contribution in [0, 0.1) is 6.92 Å². The fraction of sp³-hybridized carbons (Fsp3) is 0.526. The summed E-state index contributed by atoms with van der Waals surface area (Å²) in [5, 5.41) is 1.21. The average Bonchev–Trinajstić information content (AvgIpc) is 3.07. The van der Waals surface area contributed by atoms with Gasteiger partial charge >= 0.3 is 5.97 Å². The van der Waals surface area contributed by atoms with Crippen LogP contribution in [0.5, 0.6) is 0 Å². The summed E-state index contributed by atoms with van der Waals surface area (Å²) in [6.07, 6.45) is 0.503. The summed E-state index contributed by atoms with van der Waals surface area (Å²) in [5.41, 5.74) is 12.3. The van der Waals surface area contributed by atoms with E-state index < -0.39 is 6.04 Å². The Balaban J connectivity index is 2.04. The molecular formula is C19H27N3O2. The van der Waals surface area contributed by atoms with E-state index in [9.17, 15) is 4.79 Å². The number of fused-ring (bicyclic) bond motifs is 2. The number of aromatic nitrogens is 1. The Morgan fingerprint density at radius 1 is 1.29 bits per heavy atom. The molecule has 2 heterocycles. The molecule has 1 aliphatic heterocycles. The van der Waals surface area contributed by atoms with Gasteiger partial charge in [-0.05, 0) is 49.6 Å². The molecule has 0 aliphatic carbocycles. The minimum absolute atomic E-state index is 0.362. The maximum Gasteiger partial charge on any atom is 0.322 e. The first-order valence-corrected chi connectivity index (χ1v) is 8.50. The molecule has 5 nitrogen and oxygen atoms in total. The van der Waals surface area contributed by atoms with E-state index in [4.69, 9.17) is 10.5 Å². The number of nitrogens with zero attached hydrogens (tertiary/aromatic N) is 2. The lowest BCUT2D eigenvalue weighted by molar-refractivity contribution is -0.142. The van der Waals surface area contributed by atoms with Crippen molar-refractivity contribution in [1.82, 2.24) is 9.47 Å². The number of carbonyl (C=O) groups excluding carboxylic acids is 1. The van der Waals surface area contributed by atoms with Crippen LogP contribution in [0.15, 0.2) is 12.1 Å². The van der Waals surface area contributed by atoms with Gasteiger partial charge in [0.05, 0.1) is 7.11 Å². The SMILES string of the molecule is COC(=O)C(N)Cc1c(C)n(C)c2cc3c(cc12)CN(C(C)C)C3. The third kappa shape index (κ3) is 2.72. The molecule has 130 valence electrons. The molecule has 1 aliphatic rings. The lowest BCUT2D eigenvalue weighted by Gasteiger charge is -2.18. The van der Waals surface area contributed by atoms with Gasteiger partial charge in [-0.1, -0.05) is 0 Å². The monoisotopic (exact) mass is 329 g/mol. The molecule has 0 fully saturated rings. The summed E-state index contributed by atoms with van der Waals surface area (Å²) in [5.74, 6) is -0.362. The predicted molar refractivity (Wildman–Crippen MR) is 95.7 cm³/mol. The summed E-state index contributed by atoms with van der Waals surface area (Å²) < 4.78 is 6.98. The number of esters is 1. The standard InChI is InChI=1S/C19H27N3O2/c1-11(2)22-9-13-6-16-15(8-17(20)19(23)24-5)12(3)21(4)18(16)7-14(13)10-22/h6-7,11,17H,8-10,20H2,1-5H3. The molecule has 1 aromatic heterocycles. The van der Waals surface area contributed by atoms with Crippen molar-refractivity contribution in [1.29, 1.82) is 0 Å². The van der Waals surface area contributed by atoms with Crippen molar-refractivity contribution in [2.45, 2.75) is 52.4 Å². The molecule has 5 heteroatoms. The second-order valence-electron chi connectivity index (χ2n) is 7.09. The highest BCUT2D eigenvalue weighted by molar-refractivity contribution is 5.88. The minimum Gasteiger partial charge on any atom is -0.468 e. The molecule has 1 atom stereocenters. The Kier molecular flexibility index (Phi) is 4.40. The number of aryl methyl sites for hydroxylation is 1. The molecule has 3 rings (SSSR count). The molecule has 0 radical (unpaired) electrons. The number of nitrogens with two attached hydrogens (primary N) is 1. The first-order valence-electron chi connectivity index (χ1n) is 8.50. The Morgan fingerprint density at radius 3 is 2.50 bits per heavy atom. The topological polar surface area (TPSA) is 60.5 Å². The fourth-order valence-electron chi connectivity index (χ4n) is 3.64. The van der Waals surface area contributed by atoms with Crippen LogP contribution in [0.4, 0.5) is 0 Å². The van der Waals surface area contributed by atoms with Crippen LogP contribution in [-0.2, 0) is 36.1 Å². The highest BCUT2D eigenvalue weighted by Crippen LogP contribution is 2.33. The van der Waals surface area contributed by atoms with Crippen LogP contribution in [-0.4, -0.2) is 34.6 Å². The minimum atomic E-state index is -0.625. The number of carbonyl (C=O) groups is 1. The van der Waals surface area contributed by atoms with E-state index in [1.54, 1.807) is 0 Å². The number of methoxy groups -OCH3 is 1. The van der Waals surface area contributed by atoms with Crippen molar-refractivity contribution in [3.8, 4) is 0 Å². The van der Waals surface area contributed by atoms with E-state index >= 15 is 0 Å². The molecule has 0 spiro atoms. The Morgan fingerprint density at radius 2 is 1.92 bits per heavy atom. The number of benzene rings is 1. The summed E-state index contributed by atoms with van der Waals surface area (Å²) in [7, 11) is 3.46. The largest absolute Gasteiger partial charge is 0.468 e. The van der Waals surface area contributed by atoms with E-state index in [0.717, 1.165) is 24.3 Å². The number of hydrogen-bond donors (Lipinski definition) is 1. The zero-order valence-electron chi connectivity index (χ0n) is 15.2. The highest BCUT2D eigenvalue weighted by Gasteiger charge is 2.25. The Hall–Kier alpha value is -1.85. The summed E-state index contributed by atoms with van der Waals surface area (Å²) >= 11 is 0. The molecule has 0 bridgehead atoms. The molecule has 1 aromatic carbocycles. The molecule has 2 N–H and O–H groups in total. The van der Waals surface area contributed by atoms with Crippen LogP contribution in [0.3, 0.4) is 0 Å². The second kappa shape index (κ2) is 6.22. The number of rotatable bonds is 4. The third-order valence-corrected chi connectivity index (χ3v) is 5.35. The predicted octanol–water partition coefficient (Wildman–Crippen LogP) is 2.25. The van der Waals surface area contributed by atoms with Crippen LogP contribution in [0.1, 0.15) is 36.2 Å². The fourth-order valence-corrected chi connectivity index (χ4v) is 3.64.